The van der Waals surface area contributed by atoms with Gasteiger partial charge in [0.2, 0.25) is 0 Å². The third-order valence-electron chi connectivity index (χ3n) is 5.86. The topological polar surface area (TPSA) is 110 Å². The number of sulfone groups is 1. The zero-order valence-corrected chi connectivity index (χ0v) is 19.8. The molecule has 0 radical (unpaired) electrons. The summed E-state index contributed by atoms with van der Waals surface area (Å²) in [6.45, 7) is 1.23. The van der Waals surface area contributed by atoms with Crippen LogP contribution in [0, 0.1) is 5.82 Å². The number of hydrogen-bond acceptors (Lipinski definition) is 7. The molecule has 4 rings (SSSR count). The smallest absolute Gasteiger partial charge is 0.282 e. The van der Waals surface area contributed by atoms with E-state index in [2.05, 4.69) is 0 Å². The second-order valence-electron chi connectivity index (χ2n) is 7.90. The lowest BCUT2D eigenvalue weighted by atomic mass is 9.96. The van der Waals surface area contributed by atoms with E-state index in [9.17, 15) is 21.2 Å². The number of ether oxygens (including phenoxy) is 1. The molecule has 0 spiro atoms. The number of halogens is 1. The number of nitrogens with zero attached hydrogens (tertiary/aromatic N) is 2. The van der Waals surface area contributed by atoms with Crippen LogP contribution in [0.2, 0.25) is 0 Å². The molecule has 2 N–H and O–H groups in total. The summed E-state index contributed by atoms with van der Waals surface area (Å²) in [5.41, 5.74) is 6.00. The Morgan fingerprint density at radius 1 is 1.09 bits per heavy atom. The second kappa shape index (κ2) is 9.45. The minimum atomic E-state index is -3.94. The highest BCUT2D eigenvalue weighted by atomic mass is 32.2. The van der Waals surface area contributed by atoms with Crippen molar-refractivity contribution in [2.24, 2.45) is 5.73 Å². The molecule has 0 unspecified atom stereocenters. The summed E-state index contributed by atoms with van der Waals surface area (Å²) in [4.78, 5) is 0.733. The minimum Gasteiger partial charge on any atom is -0.379 e. The molecule has 3 heterocycles. The van der Waals surface area contributed by atoms with Crippen molar-refractivity contribution in [3.63, 3.8) is 0 Å². The minimum absolute atomic E-state index is 0.0271. The van der Waals surface area contributed by atoms with Crippen LogP contribution in [0.4, 0.5) is 4.39 Å². The van der Waals surface area contributed by atoms with Gasteiger partial charge in [-0.3, -0.25) is 0 Å². The molecular weight excluding hydrogens is 477 g/mol. The van der Waals surface area contributed by atoms with E-state index in [4.69, 9.17) is 10.5 Å². The predicted octanol–water partition coefficient (Wildman–Crippen LogP) is 1.55. The van der Waals surface area contributed by atoms with Gasteiger partial charge in [0, 0.05) is 43.0 Å². The number of rotatable bonds is 7. The van der Waals surface area contributed by atoms with Gasteiger partial charge < -0.3 is 10.5 Å². The predicted molar refractivity (Wildman–Crippen MR) is 120 cm³/mol. The molecule has 2 atom stereocenters. The van der Waals surface area contributed by atoms with Crippen LogP contribution in [0.1, 0.15) is 22.8 Å². The molecule has 1 aromatic heterocycles. The first-order valence-corrected chi connectivity index (χ1v) is 14.2. The summed E-state index contributed by atoms with van der Waals surface area (Å²) < 4.78 is 75.5. The van der Waals surface area contributed by atoms with Crippen molar-refractivity contribution in [1.29, 1.82) is 0 Å². The van der Waals surface area contributed by atoms with Gasteiger partial charge in [-0.1, -0.05) is 18.2 Å². The fourth-order valence-corrected chi connectivity index (χ4v) is 9.06. The van der Waals surface area contributed by atoms with Gasteiger partial charge in [-0.25, -0.2) is 12.8 Å². The molecule has 2 aromatic rings. The van der Waals surface area contributed by atoms with Crippen molar-refractivity contribution in [1.82, 2.24) is 8.61 Å². The van der Waals surface area contributed by atoms with Crippen molar-refractivity contribution in [2.45, 2.75) is 29.1 Å². The summed E-state index contributed by atoms with van der Waals surface area (Å²) in [6.07, 6.45) is 0.221. The standard InChI is InChI=1S/C20H26FN3O5S3/c21-19-4-2-1-3-18(19)15-11-16(14-31(25,26)20-6-5-17(12-22)30-20)24(13-15)32(27,28)23-7-9-29-10-8-23/h1-6,15-16H,7-14,22H2/t15-,16-/m1/s1. The molecule has 0 bridgehead atoms. The molecule has 176 valence electrons. The van der Waals surface area contributed by atoms with E-state index < -0.39 is 37.8 Å². The molecule has 0 aliphatic carbocycles. The Kier molecular flexibility index (Phi) is 7.01. The maximum Gasteiger partial charge on any atom is 0.282 e. The van der Waals surface area contributed by atoms with Gasteiger partial charge in [0.15, 0.2) is 9.84 Å². The molecule has 8 nitrogen and oxygen atoms in total. The van der Waals surface area contributed by atoms with Gasteiger partial charge >= 0.3 is 0 Å². The highest BCUT2D eigenvalue weighted by molar-refractivity contribution is 7.93. The average Bonchev–Trinajstić information content (AvgIpc) is 3.42. The lowest BCUT2D eigenvalue weighted by Crippen LogP contribution is -2.51. The zero-order chi connectivity index (χ0) is 22.9. The first-order valence-electron chi connectivity index (χ1n) is 10.3. The zero-order valence-electron chi connectivity index (χ0n) is 17.4. The SMILES string of the molecule is NCc1ccc(S(=O)(=O)C[C@H]2C[C@@H](c3ccccc3F)CN2S(=O)(=O)N2CCOCC2)s1. The summed E-state index contributed by atoms with van der Waals surface area (Å²) in [7, 11) is -7.69. The van der Waals surface area contributed by atoms with Gasteiger partial charge in [0.1, 0.15) is 10.0 Å². The summed E-state index contributed by atoms with van der Waals surface area (Å²) in [5, 5.41) is 0. The van der Waals surface area contributed by atoms with E-state index in [0.717, 1.165) is 16.2 Å². The Balaban J connectivity index is 1.65. The number of morpholine rings is 1. The molecule has 12 heteroatoms. The van der Waals surface area contributed by atoms with E-state index in [-0.39, 0.29) is 55.8 Å². The van der Waals surface area contributed by atoms with Crippen LogP contribution in [-0.4, -0.2) is 70.1 Å². The molecule has 32 heavy (non-hydrogen) atoms. The first kappa shape index (κ1) is 23.7. The fourth-order valence-electron chi connectivity index (χ4n) is 4.25. The van der Waals surface area contributed by atoms with Crippen molar-refractivity contribution in [3.8, 4) is 0 Å². The summed E-state index contributed by atoms with van der Waals surface area (Å²) >= 11 is 1.09. The number of nitrogens with two attached hydrogens (primary N) is 1. The van der Waals surface area contributed by atoms with Crippen molar-refractivity contribution in [3.05, 3.63) is 52.7 Å². The Hall–Kier alpha value is -1.41. The maximum absolute atomic E-state index is 14.5. The van der Waals surface area contributed by atoms with Crippen molar-refractivity contribution >= 4 is 31.4 Å². The molecule has 2 fully saturated rings. The summed E-state index contributed by atoms with van der Waals surface area (Å²) in [5.74, 6) is -1.22. The van der Waals surface area contributed by atoms with E-state index >= 15 is 0 Å². The van der Waals surface area contributed by atoms with Crippen LogP contribution >= 0.6 is 11.3 Å². The fraction of sp³-hybridized carbons (Fsp3) is 0.500. The van der Waals surface area contributed by atoms with Crippen LogP contribution in [0.3, 0.4) is 0 Å². The van der Waals surface area contributed by atoms with E-state index in [1.54, 1.807) is 24.3 Å². The molecule has 0 saturated carbocycles. The Labute approximate surface area is 191 Å². The molecule has 1 aromatic carbocycles. The van der Waals surface area contributed by atoms with Gasteiger partial charge in [0.25, 0.3) is 10.2 Å². The van der Waals surface area contributed by atoms with Crippen LogP contribution in [0.25, 0.3) is 0 Å². The molecule has 0 amide bonds. The molecule has 2 aliphatic heterocycles. The Bertz CT molecular complexity index is 1160. The second-order valence-corrected chi connectivity index (χ2v) is 13.2. The van der Waals surface area contributed by atoms with E-state index in [1.165, 1.54) is 20.7 Å². The first-order chi connectivity index (χ1) is 15.2. The molecule has 2 saturated heterocycles. The largest absolute Gasteiger partial charge is 0.379 e. The lowest BCUT2D eigenvalue weighted by molar-refractivity contribution is 0.0700. The number of hydrogen-bond donors (Lipinski definition) is 1. The quantitative estimate of drug-likeness (QED) is 0.614. The van der Waals surface area contributed by atoms with Crippen LogP contribution in [0.5, 0.6) is 0 Å². The normalized spacial score (nSPS) is 23.6. The van der Waals surface area contributed by atoms with Gasteiger partial charge in [-0.15, -0.1) is 11.3 Å². The van der Waals surface area contributed by atoms with Crippen molar-refractivity contribution < 1.29 is 26.0 Å². The van der Waals surface area contributed by atoms with Crippen LogP contribution < -0.4 is 5.73 Å². The van der Waals surface area contributed by atoms with Gasteiger partial charge in [0.05, 0.1) is 19.0 Å². The third-order valence-corrected chi connectivity index (χ3v) is 11.4. The Morgan fingerprint density at radius 3 is 2.47 bits per heavy atom. The maximum atomic E-state index is 14.5. The van der Waals surface area contributed by atoms with E-state index in [0.29, 0.717) is 5.56 Å². The van der Waals surface area contributed by atoms with Gasteiger partial charge in [-0.05, 0) is 30.2 Å². The monoisotopic (exact) mass is 503 g/mol. The highest BCUT2D eigenvalue weighted by Crippen LogP contribution is 2.37. The van der Waals surface area contributed by atoms with Gasteiger partial charge in [-0.2, -0.15) is 17.0 Å². The molecular formula is C20H26FN3O5S3. The summed E-state index contributed by atoms with van der Waals surface area (Å²) in [6, 6.07) is 8.60. The Morgan fingerprint density at radius 2 is 1.81 bits per heavy atom. The molecule has 2 aliphatic rings. The highest BCUT2D eigenvalue weighted by Gasteiger charge is 2.45. The lowest BCUT2D eigenvalue weighted by Gasteiger charge is -2.32. The van der Waals surface area contributed by atoms with Crippen molar-refractivity contribution in [2.75, 3.05) is 38.6 Å². The third kappa shape index (κ3) is 4.76. The number of benzene rings is 1. The average molecular weight is 504 g/mol. The number of thiophene rings is 1. The van der Waals surface area contributed by atoms with E-state index in [1.807, 2.05) is 0 Å². The van der Waals surface area contributed by atoms with Crippen LogP contribution in [-0.2, 0) is 31.3 Å². The van der Waals surface area contributed by atoms with Crippen LogP contribution in [0.15, 0.2) is 40.6 Å².